The van der Waals surface area contributed by atoms with Gasteiger partial charge in [-0.15, -0.1) is 0 Å². The zero-order valence-corrected chi connectivity index (χ0v) is 16.2. The number of aryl methyl sites for hydroxylation is 1. The number of hydrogen-bond donors (Lipinski definition) is 1. The average molecular weight is 406 g/mol. The lowest BCUT2D eigenvalue weighted by atomic mass is 10.3. The van der Waals surface area contributed by atoms with Crippen LogP contribution in [0.1, 0.15) is 17.9 Å². The van der Waals surface area contributed by atoms with E-state index in [1.54, 1.807) is 25.3 Å². The van der Waals surface area contributed by atoms with Crippen LogP contribution in [0.2, 0.25) is 0 Å². The van der Waals surface area contributed by atoms with Gasteiger partial charge in [-0.1, -0.05) is 6.07 Å². The van der Waals surface area contributed by atoms with E-state index in [4.69, 9.17) is 0 Å². The van der Waals surface area contributed by atoms with Gasteiger partial charge >= 0.3 is 0 Å². The predicted molar refractivity (Wildman–Crippen MR) is 109 cm³/mol. The fraction of sp³-hybridized carbons (Fsp3) is 0.190. The van der Waals surface area contributed by atoms with Crippen molar-refractivity contribution in [2.75, 3.05) is 0 Å². The summed E-state index contributed by atoms with van der Waals surface area (Å²) < 4.78 is 16.1. The minimum Gasteiger partial charge on any atom is -0.350 e. The molecular formula is C21H19FN6O2. The third kappa shape index (κ3) is 3.95. The van der Waals surface area contributed by atoms with Gasteiger partial charge in [-0.05, 0) is 43.3 Å². The molecule has 4 rings (SSSR count). The molecule has 0 spiro atoms. The molecule has 0 saturated carbocycles. The molecular weight excluding hydrogens is 387 g/mol. The van der Waals surface area contributed by atoms with Gasteiger partial charge in [0.1, 0.15) is 17.0 Å². The van der Waals surface area contributed by atoms with Crippen molar-refractivity contribution in [2.45, 2.75) is 26.4 Å². The summed E-state index contributed by atoms with van der Waals surface area (Å²) >= 11 is 0. The molecule has 8 nitrogen and oxygen atoms in total. The first-order valence-electron chi connectivity index (χ1n) is 9.40. The molecule has 9 heteroatoms. The molecule has 4 aromatic rings. The van der Waals surface area contributed by atoms with Gasteiger partial charge in [-0.2, -0.15) is 5.10 Å². The van der Waals surface area contributed by atoms with Crippen molar-refractivity contribution in [3.8, 4) is 5.69 Å². The summed E-state index contributed by atoms with van der Waals surface area (Å²) in [5.74, 6) is -0.0778. The number of hydrogen-bond acceptors (Lipinski definition) is 5. The van der Waals surface area contributed by atoms with Crippen LogP contribution in [0, 0.1) is 12.7 Å². The number of rotatable bonds is 6. The van der Waals surface area contributed by atoms with E-state index in [2.05, 4.69) is 20.4 Å². The normalized spacial score (nSPS) is 11.0. The van der Waals surface area contributed by atoms with Crippen molar-refractivity contribution >= 4 is 16.9 Å². The number of carbonyl (C=O) groups excluding carboxylic acids is 1. The number of nitrogens with zero attached hydrogens (tertiary/aromatic N) is 5. The van der Waals surface area contributed by atoms with Crippen LogP contribution in [-0.4, -0.2) is 30.2 Å². The summed E-state index contributed by atoms with van der Waals surface area (Å²) in [5, 5.41) is 7.35. The molecule has 0 atom stereocenters. The van der Waals surface area contributed by atoms with E-state index >= 15 is 0 Å². The smallest absolute Gasteiger partial charge is 0.264 e. The summed E-state index contributed by atoms with van der Waals surface area (Å²) in [7, 11) is 0. The predicted octanol–water partition coefficient (Wildman–Crippen LogP) is 2.13. The average Bonchev–Trinajstić information content (AvgIpc) is 3.17. The Morgan fingerprint density at radius 1 is 1.17 bits per heavy atom. The Balaban J connectivity index is 1.51. The van der Waals surface area contributed by atoms with Crippen LogP contribution in [0.4, 0.5) is 4.39 Å². The third-order valence-electron chi connectivity index (χ3n) is 4.70. The Bertz CT molecular complexity index is 1250. The zero-order chi connectivity index (χ0) is 21.1. The molecule has 30 heavy (non-hydrogen) atoms. The summed E-state index contributed by atoms with van der Waals surface area (Å²) in [6.07, 6.45) is 3.23. The maximum absolute atomic E-state index is 13.2. The van der Waals surface area contributed by atoms with Crippen LogP contribution in [0.15, 0.2) is 59.7 Å². The molecule has 1 aromatic carbocycles. The number of halogens is 1. The Morgan fingerprint density at radius 3 is 2.70 bits per heavy atom. The Morgan fingerprint density at radius 2 is 1.97 bits per heavy atom. The number of carbonyl (C=O) groups is 1. The molecule has 1 amide bonds. The number of nitrogens with one attached hydrogen (secondary N) is 1. The molecule has 0 aliphatic heterocycles. The van der Waals surface area contributed by atoms with Crippen molar-refractivity contribution in [1.82, 2.24) is 29.6 Å². The standard InChI is InChI=1S/C21H19FN6O2/c1-14-26-20-18(13-25-28(20)17-7-5-15(22)6-8-17)21(30)27(14)11-9-19(29)24-12-16-4-2-3-10-23-16/h2-8,10,13H,9,11-12H2,1H3,(H,24,29). The topological polar surface area (TPSA) is 94.7 Å². The third-order valence-corrected chi connectivity index (χ3v) is 4.70. The van der Waals surface area contributed by atoms with E-state index < -0.39 is 0 Å². The molecule has 0 aliphatic carbocycles. The number of pyridine rings is 1. The highest BCUT2D eigenvalue weighted by atomic mass is 19.1. The van der Waals surface area contributed by atoms with Gasteiger partial charge in [0.15, 0.2) is 5.65 Å². The summed E-state index contributed by atoms with van der Waals surface area (Å²) in [4.78, 5) is 33.7. The van der Waals surface area contributed by atoms with Crippen LogP contribution in [0.5, 0.6) is 0 Å². The summed E-state index contributed by atoms with van der Waals surface area (Å²) in [6.45, 7) is 2.23. The highest BCUT2D eigenvalue weighted by Crippen LogP contribution is 2.15. The van der Waals surface area contributed by atoms with Crippen LogP contribution >= 0.6 is 0 Å². The Labute approximate surface area is 171 Å². The maximum Gasteiger partial charge on any atom is 0.264 e. The fourth-order valence-electron chi connectivity index (χ4n) is 3.13. The molecule has 1 N–H and O–H groups in total. The number of fused-ring (bicyclic) bond motifs is 1. The fourth-order valence-corrected chi connectivity index (χ4v) is 3.13. The number of aromatic nitrogens is 5. The van der Waals surface area contributed by atoms with E-state index in [1.165, 1.54) is 27.6 Å². The lowest BCUT2D eigenvalue weighted by Gasteiger charge is -2.10. The van der Waals surface area contributed by atoms with Crippen molar-refractivity contribution in [2.24, 2.45) is 0 Å². The minimum atomic E-state index is -0.358. The Kier molecular flexibility index (Phi) is 5.34. The number of amides is 1. The summed E-state index contributed by atoms with van der Waals surface area (Å²) in [5.41, 5.74) is 1.48. The van der Waals surface area contributed by atoms with Gasteiger partial charge in [0, 0.05) is 19.2 Å². The molecule has 0 unspecified atom stereocenters. The van der Waals surface area contributed by atoms with E-state index in [1.807, 2.05) is 18.2 Å². The molecule has 0 fully saturated rings. The zero-order valence-electron chi connectivity index (χ0n) is 16.2. The summed E-state index contributed by atoms with van der Waals surface area (Å²) in [6, 6.07) is 11.3. The van der Waals surface area contributed by atoms with Crippen molar-refractivity contribution in [1.29, 1.82) is 0 Å². The highest BCUT2D eigenvalue weighted by molar-refractivity contribution is 5.76. The van der Waals surface area contributed by atoms with Gasteiger partial charge in [0.05, 0.1) is 24.1 Å². The lowest BCUT2D eigenvalue weighted by molar-refractivity contribution is -0.121. The maximum atomic E-state index is 13.2. The van der Waals surface area contributed by atoms with Crippen LogP contribution < -0.4 is 10.9 Å². The van der Waals surface area contributed by atoms with E-state index in [0.717, 1.165) is 5.69 Å². The minimum absolute atomic E-state index is 0.132. The largest absolute Gasteiger partial charge is 0.350 e. The molecule has 152 valence electrons. The first-order valence-corrected chi connectivity index (χ1v) is 9.40. The van der Waals surface area contributed by atoms with Crippen LogP contribution in [-0.2, 0) is 17.9 Å². The van der Waals surface area contributed by atoms with Gasteiger partial charge in [0.2, 0.25) is 5.91 Å². The lowest BCUT2D eigenvalue weighted by Crippen LogP contribution is -2.29. The van der Waals surface area contributed by atoms with Crippen molar-refractivity contribution in [3.63, 3.8) is 0 Å². The van der Waals surface area contributed by atoms with Gasteiger partial charge in [0.25, 0.3) is 5.56 Å². The second-order valence-corrected chi connectivity index (χ2v) is 6.73. The van der Waals surface area contributed by atoms with E-state index in [-0.39, 0.29) is 30.2 Å². The van der Waals surface area contributed by atoms with Crippen molar-refractivity contribution < 1.29 is 9.18 Å². The van der Waals surface area contributed by atoms with Crippen LogP contribution in [0.3, 0.4) is 0 Å². The van der Waals surface area contributed by atoms with E-state index in [0.29, 0.717) is 29.1 Å². The molecule has 3 aromatic heterocycles. The van der Waals surface area contributed by atoms with Gasteiger partial charge in [-0.3, -0.25) is 19.1 Å². The molecule has 0 radical (unpaired) electrons. The SMILES string of the molecule is Cc1nc2c(cnn2-c2ccc(F)cc2)c(=O)n1CCC(=O)NCc1ccccn1. The molecule has 0 bridgehead atoms. The van der Waals surface area contributed by atoms with Crippen LogP contribution in [0.25, 0.3) is 16.7 Å². The second kappa shape index (κ2) is 8.24. The van der Waals surface area contributed by atoms with Gasteiger partial charge in [-0.25, -0.2) is 14.1 Å². The quantitative estimate of drug-likeness (QED) is 0.529. The van der Waals surface area contributed by atoms with Gasteiger partial charge < -0.3 is 5.32 Å². The second-order valence-electron chi connectivity index (χ2n) is 6.73. The molecule has 3 heterocycles. The Hall–Kier alpha value is -3.88. The van der Waals surface area contributed by atoms with E-state index in [9.17, 15) is 14.0 Å². The number of benzene rings is 1. The molecule has 0 aliphatic rings. The first-order chi connectivity index (χ1) is 14.5. The monoisotopic (exact) mass is 406 g/mol. The first kappa shape index (κ1) is 19.4. The van der Waals surface area contributed by atoms with Crippen molar-refractivity contribution in [3.05, 3.63) is 82.5 Å². The highest BCUT2D eigenvalue weighted by Gasteiger charge is 2.15. The molecule has 0 saturated heterocycles.